The van der Waals surface area contributed by atoms with Crippen molar-refractivity contribution in [3.05, 3.63) is 81.5 Å². The van der Waals surface area contributed by atoms with E-state index < -0.39 is 0 Å². The highest BCUT2D eigenvalue weighted by molar-refractivity contribution is 8.00. The second-order valence-corrected chi connectivity index (χ2v) is 11.2. The number of amides is 2. The maximum absolute atomic E-state index is 13.7. The van der Waals surface area contributed by atoms with Crippen LogP contribution in [0.25, 0.3) is 16.9 Å². The maximum Gasteiger partial charge on any atom is 0.240 e. The molecule has 2 amide bonds. The Morgan fingerprint density at radius 3 is 2.56 bits per heavy atom. The topological polar surface area (TPSA) is 85.7 Å². The SMILES string of the molecule is COCCNC(=O)CN1C(=O)CS[C@H](c2cccs2)c2c(-c3ccc(Cl)cc3)nn(-c3ccc(OC)cc3)c21. The van der Waals surface area contributed by atoms with E-state index in [0.717, 1.165) is 27.4 Å². The van der Waals surface area contributed by atoms with Crippen molar-refractivity contribution in [3.63, 3.8) is 0 Å². The molecule has 4 aromatic rings. The number of carbonyl (C=O) groups is 2. The zero-order valence-corrected chi connectivity index (χ0v) is 23.8. The summed E-state index contributed by atoms with van der Waals surface area (Å²) >= 11 is 9.38. The molecule has 1 N–H and O–H groups in total. The molecule has 0 spiro atoms. The van der Waals surface area contributed by atoms with Crippen molar-refractivity contribution < 1.29 is 19.1 Å². The van der Waals surface area contributed by atoms with Crippen molar-refractivity contribution in [1.82, 2.24) is 15.1 Å². The minimum atomic E-state index is -0.276. The number of fused-ring (bicyclic) bond motifs is 1. The van der Waals surface area contributed by atoms with Crippen LogP contribution in [0.4, 0.5) is 5.82 Å². The largest absolute Gasteiger partial charge is 0.497 e. The van der Waals surface area contributed by atoms with Gasteiger partial charge in [0.15, 0.2) is 0 Å². The predicted molar refractivity (Wildman–Crippen MR) is 156 cm³/mol. The normalized spacial score (nSPS) is 15.1. The fourth-order valence-corrected chi connectivity index (χ4v) is 6.70. The van der Waals surface area contributed by atoms with Crippen molar-refractivity contribution in [2.24, 2.45) is 0 Å². The second-order valence-electron chi connectivity index (χ2n) is 8.73. The van der Waals surface area contributed by atoms with Crippen LogP contribution in [-0.2, 0) is 14.3 Å². The third-order valence-corrected chi connectivity index (χ3v) is 8.83. The van der Waals surface area contributed by atoms with E-state index in [2.05, 4.69) is 11.4 Å². The number of anilines is 1. The van der Waals surface area contributed by atoms with Crippen LogP contribution in [0.15, 0.2) is 66.0 Å². The molecule has 0 aliphatic carbocycles. The molecule has 8 nitrogen and oxygen atoms in total. The molecule has 3 heterocycles. The third kappa shape index (κ3) is 5.84. The summed E-state index contributed by atoms with van der Waals surface area (Å²) in [5, 5.41) is 10.4. The van der Waals surface area contributed by atoms with Crippen LogP contribution in [0.3, 0.4) is 0 Å². The number of thioether (sulfide) groups is 1. The van der Waals surface area contributed by atoms with Crippen molar-refractivity contribution in [2.45, 2.75) is 5.25 Å². The number of rotatable bonds is 9. The van der Waals surface area contributed by atoms with Gasteiger partial charge in [-0.3, -0.25) is 14.5 Å². The molecule has 5 rings (SSSR count). The van der Waals surface area contributed by atoms with E-state index in [-0.39, 0.29) is 29.4 Å². The summed E-state index contributed by atoms with van der Waals surface area (Å²) in [7, 11) is 3.18. The lowest BCUT2D eigenvalue weighted by atomic mass is 10.0. The van der Waals surface area contributed by atoms with E-state index in [1.807, 2.05) is 60.0 Å². The zero-order valence-electron chi connectivity index (χ0n) is 21.4. The average Bonchev–Trinajstić information content (AvgIpc) is 3.59. The molecule has 0 saturated heterocycles. The first kappa shape index (κ1) is 27.3. The van der Waals surface area contributed by atoms with Crippen molar-refractivity contribution >= 4 is 52.3 Å². The number of thiophene rings is 1. The lowest BCUT2D eigenvalue weighted by Crippen LogP contribution is -2.43. The first-order chi connectivity index (χ1) is 19.0. The van der Waals surface area contributed by atoms with Crippen molar-refractivity contribution in [3.8, 4) is 22.7 Å². The van der Waals surface area contributed by atoms with Gasteiger partial charge >= 0.3 is 0 Å². The van der Waals surface area contributed by atoms with E-state index >= 15 is 0 Å². The Labute approximate surface area is 239 Å². The third-order valence-electron chi connectivity index (χ3n) is 6.26. The van der Waals surface area contributed by atoms with Crippen LogP contribution >= 0.6 is 34.7 Å². The van der Waals surface area contributed by atoms with Gasteiger partial charge in [-0.2, -0.15) is 5.10 Å². The van der Waals surface area contributed by atoms with Gasteiger partial charge in [-0.25, -0.2) is 4.68 Å². The van der Waals surface area contributed by atoms with Crippen LogP contribution < -0.4 is 15.0 Å². The molecule has 2 aromatic heterocycles. The highest BCUT2D eigenvalue weighted by Gasteiger charge is 2.38. The molecule has 0 saturated carbocycles. The Hall–Kier alpha value is -3.31. The number of methoxy groups -OCH3 is 2. The van der Waals surface area contributed by atoms with E-state index in [1.165, 1.54) is 11.8 Å². The standard InChI is InChI=1S/C28H27ClN4O4S2/c1-36-14-13-30-23(34)16-32-24(35)17-39-27(22-4-3-15-38-22)25-26(18-5-7-19(29)8-6-18)31-33(28(25)32)20-9-11-21(37-2)12-10-20/h3-12,15,27H,13-14,16-17H2,1-2H3,(H,30,34)/t27-/m1/s1. The monoisotopic (exact) mass is 582 g/mol. The highest BCUT2D eigenvalue weighted by Crippen LogP contribution is 2.49. The Kier molecular flexibility index (Phi) is 8.56. The molecular formula is C28H27ClN4O4S2. The summed E-state index contributed by atoms with van der Waals surface area (Å²) in [6.45, 7) is 0.589. The molecule has 0 bridgehead atoms. The minimum Gasteiger partial charge on any atom is -0.497 e. The summed E-state index contributed by atoms with van der Waals surface area (Å²) in [6.07, 6.45) is 0. The Bertz CT molecular complexity index is 1440. The van der Waals surface area contributed by atoms with Gasteiger partial charge in [0.2, 0.25) is 11.8 Å². The fraction of sp³-hybridized carbons (Fsp3) is 0.250. The van der Waals surface area contributed by atoms with E-state index in [1.54, 1.807) is 35.1 Å². The number of hydrogen-bond acceptors (Lipinski definition) is 7. The van der Waals surface area contributed by atoms with E-state index in [4.69, 9.17) is 26.2 Å². The fourth-order valence-electron chi connectivity index (χ4n) is 4.40. The van der Waals surface area contributed by atoms with Gasteiger partial charge in [-0.05, 0) is 47.8 Å². The van der Waals surface area contributed by atoms with E-state index in [9.17, 15) is 9.59 Å². The number of aromatic nitrogens is 2. The number of ether oxygens (including phenoxy) is 2. The van der Waals surface area contributed by atoms with Gasteiger partial charge in [0.1, 0.15) is 18.1 Å². The van der Waals surface area contributed by atoms with Gasteiger partial charge in [-0.1, -0.05) is 29.8 Å². The number of hydrogen-bond donors (Lipinski definition) is 1. The van der Waals surface area contributed by atoms with Crippen LogP contribution in [0.1, 0.15) is 15.7 Å². The number of nitrogens with zero attached hydrogens (tertiary/aromatic N) is 3. The smallest absolute Gasteiger partial charge is 0.240 e. The molecule has 2 aromatic carbocycles. The van der Waals surface area contributed by atoms with Gasteiger partial charge in [0.25, 0.3) is 0 Å². The highest BCUT2D eigenvalue weighted by atomic mass is 35.5. The van der Waals surface area contributed by atoms with Gasteiger partial charge in [0, 0.05) is 34.7 Å². The van der Waals surface area contributed by atoms with Gasteiger partial charge in [-0.15, -0.1) is 23.1 Å². The Morgan fingerprint density at radius 1 is 1.13 bits per heavy atom. The molecule has 0 fully saturated rings. The number of benzene rings is 2. The van der Waals surface area contributed by atoms with Gasteiger partial charge in [0.05, 0.1) is 36.1 Å². The zero-order chi connectivity index (χ0) is 27.4. The summed E-state index contributed by atoms with van der Waals surface area (Å²) in [4.78, 5) is 29.3. The van der Waals surface area contributed by atoms with Crippen LogP contribution in [-0.4, -0.2) is 61.3 Å². The lowest BCUT2D eigenvalue weighted by Gasteiger charge is -2.23. The predicted octanol–water partition coefficient (Wildman–Crippen LogP) is 5.19. The Morgan fingerprint density at radius 2 is 1.90 bits per heavy atom. The van der Waals surface area contributed by atoms with Crippen LogP contribution in [0.5, 0.6) is 5.75 Å². The molecular weight excluding hydrogens is 556 g/mol. The molecule has 202 valence electrons. The van der Waals surface area contributed by atoms with Crippen LogP contribution in [0, 0.1) is 0 Å². The quantitative estimate of drug-likeness (QED) is 0.273. The molecule has 11 heteroatoms. The first-order valence-electron chi connectivity index (χ1n) is 12.2. The molecule has 1 aliphatic rings. The molecule has 1 aliphatic heterocycles. The number of carbonyl (C=O) groups excluding carboxylic acids is 2. The summed E-state index contributed by atoms with van der Waals surface area (Å²) in [5.74, 6) is 1.04. The van der Waals surface area contributed by atoms with E-state index in [0.29, 0.717) is 29.7 Å². The Balaban J connectivity index is 1.73. The van der Waals surface area contributed by atoms with Crippen molar-refractivity contribution in [1.29, 1.82) is 0 Å². The lowest BCUT2D eigenvalue weighted by molar-refractivity contribution is -0.123. The maximum atomic E-state index is 13.7. The summed E-state index contributed by atoms with van der Waals surface area (Å²) < 4.78 is 12.2. The summed E-state index contributed by atoms with van der Waals surface area (Å²) in [5.41, 5.74) is 3.20. The van der Waals surface area contributed by atoms with Gasteiger partial charge < -0.3 is 14.8 Å². The second kappa shape index (κ2) is 12.3. The summed E-state index contributed by atoms with van der Waals surface area (Å²) in [6, 6.07) is 19.0. The number of halogens is 1. The average molecular weight is 583 g/mol. The first-order valence-corrected chi connectivity index (χ1v) is 14.5. The molecule has 39 heavy (non-hydrogen) atoms. The van der Waals surface area contributed by atoms with Crippen LogP contribution in [0.2, 0.25) is 5.02 Å². The molecule has 1 atom stereocenters. The molecule has 0 radical (unpaired) electrons. The van der Waals surface area contributed by atoms with Crippen molar-refractivity contribution in [2.75, 3.05) is 44.6 Å². The molecule has 0 unspecified atom stereocenters. The number of nitrogens with one attached hydrogen (secondary N) is 1. The minimum absolute atomic E-state index is 0.144.